The first-order chi connectivity index (χ1) is 8.56. The summed E-state index contributed by atoms with van der Waals surface area (Å²) in [6.45, 7) is 4.20. The molecule has 2 aromatic rings. The summed E-state index contributed by atoms with van der Waals surface area (Å²) < 4.78 is 0. The van der Waals surface area contributed by atoms with Gasteiger partial charge in [-0.2, -0.15) is 0 Å². The van der Waals surface area contributed by atoms with Crippen molar-refractivity contribution in [2.45, 2.75) is 38.6 Å². The highest BCUT2D eigenvalue weighted by molar-refractivity contribution is 7.11. The van der Waals surface area contributed by atoms with E-state index >= 15 is 0 Å². The van der Waals surface area contributed by atoms with E-state index in [0.29, 0.717) is 0 Å². The molecule has 1 aliphatic carbocycles. The van der Waals surface area contributed by atoms with Crippen LogP contribution in [0.5, 0.6) is 0 Å². The van der Waals surface area contributed by atoms with E-state index in [4.69, 9.17) is 5.73 Å². The zero-order valence-electron chi connectivity index (χ0n) is 10.9. The molecule has 1 aromatic heterocycles. The minimum Gasteiger partial charge on any atom is -0.324 e. The number of aryl methyl sites for hydroxylation is 2. The molecule has 94 valence electrons. The average Bonchev–Trinajstić information content (AvgIpc) is 2.78. The third-order valence-electron chi connectivity index (χ3n) is 3.78. The highest BCUT2D eigenvalue weighted by Crippen LogP contribution is 2.32. The predicted octanol–water partition coefficient (Wildman–Crippen LogP) is 2.80. The van der Waals surface area contributed by atoms with Gasteiger partial charge in [-0.25, -0.2) is 4.98 Å². The van der Waals surface area contributed by atoms with Crippen LogP contribution < -0.4 is 5.73 Å². The Labute approximate surface area is 112 Å². The van der Waals surface area contributed by atoms with Crippen LogP contribution in [0.1, 0.15) is 26.7 Å². The monoisotopic (exact) mass is 258 g/mol. The first-order valence-electron chi connectivity index (χ1n) is 6.34. The standard InChI is InChI=1S/C15H18N2S/c1-10-11(2)18-14(17-10)9-15(16)7-12-5-3-4-6-13(12)8-15/h3-6H,7-9,16H2,1-2H3. The Morgan fingerprint density at radius 3 is 2.33 bits per heavy atom. The Balaban J connectivity index is 1.82. The van der Waals surface area contributed by atoms with Crippen molar-refractivity contribution < 1.29 is 0 Å². The quantitative estimate of drug-likeness (QED) is 0.899. The van der Waals surface area contributed by atoms with E-state index < -0.39 is 0 Å². The molecule has 0 saturated carbocycles. The molecule has 0 spiro atoms. The van der Waals surface area contributed by atoms with Gasteiger partial charge in [0.15, 0.2) is 0 Å². The molecule has 0 unspecified atom stereocenters. The molecule has 0 amide bonds. The van der Waals surface area contributed by atoms with Crippen molar-refractivity contribution >= 4 is 11.3 Å². The summed E-state index contributed by atoms with van der Waals surface area (Å²) in [7, 11) is 0. The summed E-state index contributed by atoms with van der Waals surface area (Å²) >= 11 is 1.79. The lowest BCUT2D eigenvalue weighted by Crippen LogP contribution is -2.42. The summed E-state index contributed by atoms with van der Waals surface area (Å²) in [5, 5.41) is 1.18. The third-order valence-corrected chi connectivity index (χ3v) is 4.85. The van der Waals surface area contributed by atoms with Crippen molar-refractivity contribution in [2.75, 3.05) is 0 Å². The van der Waals surface area contributed by atoms with Crippen molar-refractivity contribution in [1.82, 2.24) is 4.98 Å². The molecule has 3 heteroatoms. The van der Waals surface area contributed by atoms with E-state index in [1.165, 1.54) is 21.0 Å². The minimum atomic E-state index is -0.138. The van der Waals surface area contributed by atoms with Crippen LogP contribution in [0.25, 0.3) is 0 Å². The number of benzene rings is 1. The van der Waals surface area contributed by atoms with Crippen molar-refractivity contribution in [3.63, 3.8) is 0 Å². The molecular formula is C15H18N2S. The Morgan fingerprint density at radius 1 is 1.22 bits per heavy atom. The summed E-state index contributed by atoms with van der Waals surface area (Å²) in [6.07, 6.45) is 2.84. The van der Waals surface area contributed by atoms with Crippen molar-refractivity contribution in [1.29, 1.82) is 0 Å². The molecule has 1 aromatic carbocycles. The largest absolute Gasteiger partial charge is 0.324 e. The number of hydrogen-bond acceptors (Lipinski definition) is 3. The van der Waals surface area contributed by atoms with Crippen LogP contribution in [0.4, 0.5) is 0 Å². The fourth-order valence-corrected chi connectivity index (χ4v) is 3.85. The average molecular weight is 258 g/mol. The highest BCUT2D eigenvalue weighted by Gasteiger charge is 2.34. The number of hydrogen-bond donors (Lipinski definition) is 1. The maximum absolute atomic E-state index is 6.57. The second-order valence-corrected chi connectivity index (χ2v) is 6.70. The number of nitrogens with two attached hydrogens (primary N) is 1. The predicted molar refractivity (Wildman–Crippen MR) is 76.1 cm³/mol. The molecule has 0 fully saturated rings. The van der Waals surface area contributed by atoms with E-state index in [-0.39, 0.29) is 5.54 Å². The topological polar surface area (TPSA) is 38.9 Å². The van der Waals surface area contributed by atoms with E-state index in [2.05, 4.69) is 43.1 Å². The van der Waals surface area contributed by atoms with E-state index in [0.717, 1.165) is 25.0 Å². The van der Waals surface area contributed by atoms with E-state index in [1.807, 2.05) is 0 Å². The number of thiazole rings is 1. The molecule has 0 atom stereocenters. The van der Waals surface area contributed by atoms with Crippen LogP contribution >= 0.6 is 11.3 Å². The normalized spacial score (nSPS) is 16.8. The maximum atomic E-state index is 6.57. The minimum absolute atomic E-state index is 0.138. The van der Waals surface area contributed by atoms with Gasteiger partial charge in [-0.1, -0.05) is 24.3 Å². The maximum Gasteiger partial charge on any atom is 0.0949 e. The fourth-order valence-electron chi connectivity index (χ4n) is 2.76. The van der Waals surface area contributed by atoms with Gasteiger partial charge in [0.25, 0.3) is 0 Å². The fraction of sp³-hybridized carbons (Fsp3) is 0.400. The van der Waals surface area contributed by atoms with Gasteiger partial charge in [0.05, 0.1) is 10.7 Å². The second kappa shape index (κ2) is 4.18. The summed E-state index contributed by atoms with van der Waals surface area (Å²) in [6, 6.07) is 8.59. The molecule has 1 heterocycles. The summed E-state index contributed by atoms with van der Waals surface area (Å²) in [5.74, 6) is 0. The SMILES string of the molecule is Cc1nc(CC2(N)Cc3ccccc3C2)sc1C. The van der Waals surface area contributed by atoms with Gasteiger partial charge < -0.3 is 5.73 Å². The molecule has 2 nitrogen and oxygen atoms in total. The molecule has 3 rings (SSSR count). The van der Waals surface area contributed by atoms with Crippen LogP contribution in [0, 0.1) is 13.8 Å². The van der Waals surface area contributed by atoms with Crippen LogP contribution in [0.3, 0.4) is 0 Å². The Hall–Kier alpha value is -1.19. The molecular weight excluding hydrogens is 240 g/mol. The van der Waals surface area contributed by atoms with Gasteiger partial charge in [0.1, 0.15) is 0 Å². The first kappa shape index (κ1) is 11.9. The molecule has 0 radical (unpaired) electrons. The van der Waals surface area contributed by atoms with E-state index in [9.17, 15) is 0 Å². The zero-order valence-corrected chi connectivity index (χ0v) is 11.7. The van der Waals surface area contributed by atoms with Crippen LogP contribution in [0.2, 0.25) is 0 Å². The van der Waals surface area contributed by atoms with Gasteiger partial charge in [-0.15, -0.1) is 11.3 Å². The smallest absolute Gasteiger partial charge is 0.0949 e. The third kappa shape index (κ3) is 2.08. The Kier molecular flexibility index (Phi) is 2.76. The molecule has 1 aliphatic rings. The van der Waals surface area contributed by atoms with E-state index in [1.54, 1.807) is 11.3 Å². The van der Waals surface area contributed by atoms with Gasteiger partial charge in [-0.3, -0.25) is 0 Å². The van der Waals surface area contributed by atoms with Gasteiger partial charge in [0.2, 0.25) is 0 Å². The first-order valence-corrected chi connectivity index (χ1v) is 7.16. The number of nitrogens with zero attached hydrogens (tertiary/aromatic N) is 1. The molecule has 0 aliphatic heterocycles. The molecule has 2 N–H and O–H groups in total. The number of rotatable bonds is 2. The zero-order chi connectivity index (χ0) is 12.8. The lowest BCUT2D eigenvalue weighted by atomic mass is 9.93. The van der Waals surface area contributed by atoms with Gasteiger partial charge in [-0.05, 0) is 37.8 Å². The summed E-state index contributed by atoms with van der Waals surface area (Å²) in [4.78, 5) is 5.93. The number of fused-ring (bicyclic) bond motifs is 1. The van der Waals surface area contributed by atoms with Gasteiger partial charge in [0, 0.05) is 16.8 Å². The van der Waals surface area contributed by atoms with Crippen LogP contribution in [-0.4, -0.2) is 10.5 Å². The molecule has 18 heavy (non-hydrogen) atoms. The Bertz CT molecular complexity index is 541. The molecule has 0 saturated heterocycles. The lowest BCUT2D eigenvalue weighted by molar-refractivity contribution is 0.445. The second-order valence-electron chi connectivity index (χ2n) is 5.41. The van der Waals surface area contributed by atoms with Crippen molar-refractivity contribution in [3.05, 3.63) is 51.0 Å². The van der Waals surface area contributed by atoms with Crippen LogP contribution in [-0.2, 0) is 19.3 Å². The summed E-state index contributed by atoms with van der Waals surface area (Å²) in [5.41, 5.74) is 10.4. The van der Waals surface area contributed by atoms with Crippen molar-refractivity contribution in [2.24, 2.45) is 5.73 Å². The Morgan fingerprint density at radius 2 is 1.83 bits per heavy atom. The number of aromatic nitrogens is 1. The highest BCUT2D eigenvalue weighted by atomic mass is 32.1. The molecule has 0 bridgehead atoms. The van der Waals surface area contributed by atoms with Gasteiger partial charge >= 0.3 is 0 Å². The van der Waals surface area contributed by atoms with Crippen molar-refractivity contribution in [3.8, 4) is 0 Å². The lowest BCUT2D eigenvalue weighted by Gasteiger charge is -2.22. The van der Waals surface area contributed by atoms with Crippen LogP contribution in [0.15, 0.2) is 24.3 Å².